The smallest absolute Gasteiger partial charge is 0.0367 e. The van der Waals surface area contributed by atoms with Crippen molar-refractivity contribution < 1.29 is 0 Å². The highest BCUT2D eigenvalue weighted by Gasteiger charge is 2.16. The van der Waals surface area contributed by atoms with Gasteiger partial charge >= 0.3 is 0 Å². The first-order valence-electron chi connectivity index (χ1n) is 6.62. The van der Waals surface area contributed by atoms with Crippen LogP contribution in [0.25, 0.3) is 0 Å². The van der Waals surface area contributed by atoms with Crippen LogP contribution >= 0.6 is 0 Å². The number of para-hydroxylation sites is 1. The van der Waals surface area contributed by atoms with E-state index in [9.17, 15) is 0 Å². The van der Waals surface area contributed by atoms with Gasteiger partial charge < -0.3 is 4.90 Å². The molecule has 96 valence electrons. The first-order valence-corrected chi connectivity index (χ1v) is 6.62. The molecule has 2 rings (SSSR count). The average molecular weight is 242 g/mol. The van der Waals surface area contributed by atoms with Crippen molar-refractivity contribution in [1.29, 1.82) is 0 Å². The summed E-state index contributed by atoms with van der Waals surface area (Å²) in [5.41, 5.74) is 2.48. The molecule has 1 saturated heterocycles. The second-order valence-electron chi connectivity index (χ2n) is 4.78. The van der Waals surface area contributed by atoms with Crippen LogP contribution in [0.15, 0.2) is 55.1 Å². The Morgan fingerprint density at radius 1 is 1.11 bits per heavy atom. The zero-order chi connectivity index (χ0) is 12.8. The van der Waals surface area contributed by atoms with E-state index in [-0.39, 0.29) is 0 Å². The van der Waals surface area contributed by atoms with Gasteiger partial charge in [-0.3, -0.25) is 4.90 Å². The Kier molecular flexibility index (Phi) is 4.59. The average Bonchev–Trinajstić information content (AvgIpc) is 2.46. The number of benzene rings is 1. The van der Waals surface area contributed by atoms with E-state index in [4.69, 9.17) is 0 Å². The second-order valence-corrected chi connectivity index (χ2v) is 4.78. The van der Waals surface area contributed by atoms with Crippen LogP contribution in [-0.2, 0) is 0 Å². The van der Waals surface area contributed by atoms with Crippen LogP contribution in [0, 0.1) is 0 Å². The molecule has 0 bridgehead atoms. The van der Waals surface area contributed by atoms with Gasteiger partial charge in [-0.05, 0) is 18.6 Å². The van der Waals surface area contributed by atoms with Crippen LogP contribution < -0.4 is 4.90 Å². The highest BCUT2D eigenvalue weighted by molar-refractivity contribution is 5.46. The molecule has 0 aliphatic carbocycles. The van der Waals surface area contributed by atoms with Gasteiger partial charge in [0.15, 0.2) is 0 Å². The fourth-order valence-electron chi connectivity index (χ4n) is 2.27. The normalized spacial score (nSPS) is 16.6. The van der Waals surface area contributed by atoms with Gasteiger partial charge in [-0.15, -0.1) is 0 Å². The van der Waals surface area contributed by atoms with Crippen molar-refractivity contribution in [1.82, 2.24) is 4.90 Å². The lowest BCUT2D eigenvalue weighted by atomic mass is 10.2. The number of hydrogen-bond acceptors (Lipinski definition) is 2. The Morgan fingerprint density at radius 2 is 1.78 bits per heavy atom. The molecule has 1 fully saturated rings. The lowest BCUT2D eigenvalue weighted by molar-refractivity contribution is 0.261. The van der Waals surface area contributed by atoms with Gasteiger partial charge in [0.2, 0.25) is 0 Å². The minimum Gasteiger partial charge on any atom is -0.369 e. The van der Waals surface area contributed by atoms with Crippen molar-refractivity contribution in [3.63, 3.8) is 0 Å². The molecular weight excluding hydrogens is 220 g/mol. The fraction of sp³-hybridized carbons (Fsp3) is 0.375. The van der Waals surface area contributed by atoms with Crippen molar-refractivity contribution in [2.45, 2.75) is 6.42 Å². The first-order chi connectivity index (χ1) is 8.79. The van der Waals surface area contributed by atoms with E-state index in [0.29, 0.717) is 0 Å². The predicted octanol–water partition coefficient (Wildman–Crippen LogP) is 2.94. The standard InChI is InChI=1S/C16H22N2/c1-3-15(2)9-10-17-11-13-18(14-12-17)16-7-5-4-6-8-16/h3-8H,1-2,9-14H2. The van der Waals surface area contributed by atoms with Crippen LogP contribution in [0.3, 0.4) is 0 Å². The summed E-state index contributed by atoms with van der Waals surface area (Å²) in [7, 11) is 0. The number of allylic oxidation sites excluding steroid dienone is 1. The molecule has 0 unspecified atom stereocenters. The zero-order valence-electron chi connectivity index (χ0n) is 11.0. The number of rotatable bonds is 5. The maximum Gasteiger partial charge on any atom is 0.0367 e. The maximum absolute atomic E-state index is 3.96. The topological polar surface area (TPSA) is 6.48 Å². The molecule has 0 spiro atoms. The van der Waals surface area contributed by atoms with Gasteiger partial charge in [0.25, 0.3) is 0 Å². The third-order valence-corrected chi connectivity index (χ3v) is 3.53. The molecular formula is C16H22N2. The van der Waals surface area contributed by atoms with Crippen molar-refractivity contribution in [2.75, 3.05) is 37.6 Å². The third-order valence-electron chi connectivity index (χ3n) is 3.53. The van der Waals surface area contributed by atoms with Crippen LogP contribution in [0.2, 0.25) is 0 Å². The molecule has 0 saturated carbocycles. The third kappa shape index (κ3) is 3.47. The SMILES string of the molecule is C=CC(=C)CCN1CCN(c2ccccc2)CC1. The Bertz CT molecular complexity index is 389. The van der Waals surface area contributed by atoms with Gasteiger partial charge in [0.1, 0.15) is 0 Å². The molecule has 2 nitrogen and oxygen atoms in total. The summed E-state index contributed by atoms with van der Waals surface area (Å²) in [5.74, 6) is 0. The predicted molar refractivity (Wildman–Crippen MR) is 79.0 cm³/mol. The Morgan fingerprint density at radius 3 is 2.39 bits per heavy atom. The molecule has 2 heteroatoms. The number of piperazine rings is 1. The molecule has 1 aliphatic rings. The van der Waals surface area contributed by atoms with E-state index >= 15 is 0 Å². The molecule has 0 N–H and O–H groups in total. The van der Waals surface area contributed by atoms with Crippen molar-refractivity contribution in [3.8, 4) is 0 Å². The van der Waals surface area contributed by atoms with Crippen molar-refractivity contribution in [3.05, 3.63) is 55.1 Å². The van der Waals surface area contributed by atoms with E-state index in [2.05, 4.69) is 53.3 Å². The largest absolute Gasteiger partial charge is 0.369 e. The van der Waals surface area contributed by atoms with Crippen LogP contribution in [0.1, 0.15) is 6.42 Å². The van der Waals surface area contributed by atoms with Crippen LogP contribution in [0.5, 0.6) is 0 Å². The molecule has 1 aromatic carbocycles. The van der Waals surface area contributed by atoms with E-state index in [1.807, 2.05) is 6.08 Å². The fourth-order valence-corrected chi connectivity index (χ4v) is 2.27. The lowest BCUT2D eigenvalue weighted by Crippen LogP contribution is -2.46. The summed E-state index contributed by atoms with van der Waals surface area (Å²) in [5, 5.41) is 0. The second kappa shape index (κ2) is 6.41. The van der Waals surface area contributed by atoms with Crippen LogP contribution in [-0.4, -0.2) is 37.6 Å². The molecule has 0 radical (unpaired) electrons. The Hall–Kier alpha value is -1.54. The van der Waals surface area contributed by atoms with E-state index in [1.165, 1.54) is 5.69 Å². The molecule has 1 aliphatic heterocycles. The molecule has 0 amide bonds. The monoisotopic (exact) mass is 242 g/mol. The van der Waals surface area contributed by atoms with Gasteiger partial charge in [-0.25, -0.2) is 0 Å². The van der Waals surface area contributed by atoms with Gasteiger partial charge in [0.05, 0.1) is 0 Å². The van der Waals surface area contributed by atoms with Crippen molar-refractivity contribution >= 4 is 5.69 Å². The van der Waals surface area contributed by atoms with Crippen molar-refractivity contribution in [2.24, 2.45) is 0 Å². The van der Waals surface area contributed by atoms with Gasteiger partial charge in [0, 0.05) is 38.4 Å². The number of nitrogens with zero attached hydrogens (tertiary/aromatic N) is 2. The summed E-state index contributed by atoms with van der Waals surface area (Å²) in [6.07, 6.45) is 2.90. The first kappa shape index (κ1) is 12.9. The quantitative estimate of drug-likeness (QED) is 0.733. The molecule has 0 atom stereocenters. The Labute approximate surface area is 110 Å². The lowest BCUT2D eigenvalue weighted by Gasteiger charge is -2.36. The highest BCUT2D eigenvalue weighted by Crippen LogP contribution is 2.15. The number of hydrogen-bond donors (Lipinski definition) is 0. The number of anilines is 1. The van der Waals surface area contributed by atoms with Gasteiger partial charge in [-0.2, -0.15) is 0 Å². The minimum absolute atomic E-state index is 1.04. The molecule has 18 heavy (non-hydrogen) atoms. The molecule has 0 aromatic heterocycles. The van der Waals surface area contributed by atoms with E-state index < -0.39 is 0 Å². The summed E-state index contributed by atoms with van der Waals surface area (Å²) in [6, 6.07) is 10.7. The van der Waals surface area contributed by atoms with E-state index in [0.717, 1.165) is 44.7 Å². The van der Waals surface area contributed by atoms with Crippen LogP contribution in [0.4, 0.5) is 5.69 Å². The summed E-state index contributed by atoms with van der Waals surface area (Å²) >= 11 is 0. The maximum atomic E-state index is 3.96. The summed E-state index contributed by atoms with van der Waals surface area (Å²) < 4.78 is 0. The zero-order valence-corrected chi connectivity index (χ0v) is 11.0. The summed E-state index contributed by atoms with van der Waals surface area (Å²) in [6.45, 7) is 13.3. The summed E-state index contributed by atoms with van der Waals surface area (Å²) in [4.78, 5) is 4.97. The van der Waals surface area contributed by atoms with E-state index in [1.54, 1.807) is 0 Å². The molecule has 1 aromatic rings. The van der Waals surface area contributed by atoms with Gasteiger partial charge in [-0.1, -0.05) is 43.0 Å². The Balaban J connectivity index is 1.78. The minimum atomic E-state index is 1.04. The molecule has 1 heterocycles. The highest BCUT2D eigenvalue weighted by atomic mass is 15.3.